The second-order valence-electron chi connectivity index (χ2n) is 9.29. The molecule has 4 amide bonds. The first-order valence-corrected chi connectivity index (χ1v) is 13.2. The van der Waals surface area contributed by atoms with Crippen molar-refractivity contribution in [3.63, 3.8) is 0 Å². The van der Waals surface area contributed by atoms with E-state index in [9.17, 15) is 19.2 Å². The Kier molecular flexibility index (Phi) is 8.63. The molecule has 0 saturated carbocycles. The van der Waals surface area contributed by atoms with Gasteiger partial charge in [-0.15, -0.1) is 12.6 Å². The highest BCUT2D eigenvalue weighted by atomic mass is 32.1. The molecule has 3 aromatic rings. The topological polar surface area (TPSA) is 95.6 Å². The third-order valence-corrected chi connectivity index (χ3v) is 7.12. The first-order chi connectivity index (χ1) is 18.4. The second kappa shape index (κ2) is 12.1. The van der Waals surface area contributed by atoms with Crippen LogP contribution in [-0.2, 0) is 19.9 Å². The van der Waals surface area contributed by atoms with Crippen molar-refractivity contribution in [1.29, 1.82) is 0 Å². The fourth-order valence-corrected chi connectivity index (χ4v) is 5.25. The van der Waals surface area contributed by atoms with Crippen LogP contribution in [0.25, 0.3) is 0 Å². The summed E-state index contributed by atoms with van der Waals surface area (Å²) in [6.07, 6.45) is 1.04. The predicted octanol–water partition coefficient (Wildman–Crippen LogP) is 4.42. The Morgan fingerprint density at radius 2 is 1.37 bits per heavy atom. The van der Waals surface area contributed by atoms with Gasteiger partial charge >= 0.3 is 6.03 Å². The first kappa shape index (κ1) is 27.1. The van der Waals surface area contributed by atoms with Crippen molar-refractivity contribution in [2.75, 3.05) is 0 Å². The zero-order chi connectivity index (χ0) is 27.1. The highest BCUT2D eigenvalue weighted by Crippen LogP contribution is 2.37. The fraction of sp³-hybridized carbons (Fsp3) is 0.267. The average molecular weight is 530 g/mol. The smallest absolute Gasteiger partial charge is 0.325 e. The van der Waals surface area contributed by atoms with E-state index in [0.29, 0.717) is 12.8 Å². The van der Waals surface area contributed by atoms with Gasteiger partial charge in [0.15, 0.2) is 0 Å². The van der Waals surface area contributed by atoms with Crippen molar-refractivity contribution in [2.24, 2.45) is 0 Å². The van der Waals surface area contributed by atoms with E-state index in [1.54, 1.807) is 0 Å². The lowest BCUT2D eigenvalue weighted by Gasteiger charge is -2.37. The number of hydrogen-bond acceptors (Lipinski definition) is 4. The third-order valence-electron chi connectivity index (χ3n) is 6.82. The van der Waals surface area contributed by atoms with Crippen molar-refractivity contribution >= 4 is 35.6 Å². The normalized spacial score (nSPS) is 16.2. The molecule has 1 saturated heterocycles. The zero-order valence-electron chi connectivity index (χ0n) is 21.2. The number of carbonyl (C=O) groups excluding carboxylic acids is 4. The number of hydrogen-bond donors (Lipinski definition) is 3. The Bertz CT molecular complexity index is 1190. The van der Waals surface area contributed by atoms with Crippen LogP contribution in [0, 0.1) is 0 Å². The first-order valence-electron chi connectivity index (χ1n) is 12.7. The molecule has 1 aliphatic heterocycles. The lowest BCUT2D eigenvalue weighted by Crippen LogP contribution is -2.48. The molecule has 0 spiro atoms. The van der Waals surface area contributed by atoms with E-state index in [4.69, 9.17) is 0 Å². The predicted molar refractivity (Wildman–Crippen MR) is 148 cm³/mol. The molecule has 1 aliphatic rings. The number of urea groups is 1. The van der Waals surface area contributed by atoms with Crippen LogP contribution in [0.5, 0.6) is 0 Å². The van der Waals surface area contributed by atoms with Gasteiger partial charge in [0.25, 0.3) is 5.91 Å². The van der Waals surface area contributed by atoms with Crippen LogP contribution >= 0.6 is 12.6 Å². The Balaban J connectivity index is 1.60. The molecule has 2 atom stereocenters. The van der Waals surface area contributed by atoms with Crippen LogP contribution < -0.4 is 10.6 Å². The highest BCUT2D eigenvalue weighted by Gasteiger charge is 2.44. The third kappa shape index (κ3) is 5.50. The van der Waals surface area contributed by atoms with Gasteiger partial charge in [-0.05, 0) is 29.5 Å². The molecule has 196 valence electrons. The largest absolute Gasteiger partial charge is 0.338 e. The number of nitrogens with zero attached hydrogens (tertiary/aromatic N) is 1. The summed E-state index contributed by atoms with van der Waals surface area (Å²) in [4.78, 5) is 52.0. The Morgan fingerprint density at radius 3 is 1.79 bits per heavy atom. The summed E-state index contributed by atoms with van der Waals surface area (Å²) < 4.78 is 0. The van der Waals surface area contributed by atoms with Crippen LogP contribution in [0.15, 0.2) is 91.0 Å². The molecule has 0 radical (unpaired) electrons. The van der Waals surface area contributed by atoms with Crippen molar-refractivity contribution in [2.45, 2.75) is 50.2 Å². The number of amides is 4. The monoisotopic (exact) mass is 529 g/mol. The van der Waals surface area contributed by atoms with Gasteiger partial charge in [0.1, 0.15) is 17.6 Å². The zero-order valence-corrected chi connectivity index (χ0v) is 22.1. The maximum absolute atomic E-state index is 13.5. The highest BCUT2D eigenvalue weighted by molar-refractivity contribution is 7.96. The number of rotatable bonds is 11. The summed E-state index contributed by atoms with van der Waals surface area (Å²) in [5, 5.41) is 5.36. The molecule has 2 unspecified atom stereocenters. The van der Waals surface area contributed by atoms with Crippen molar-refractivity contribution < 1.29 is 19.2 Å². The molecular formula is C30H31N3O4S. The standard InChI is InChI=1S/C30H31N3O4S/c1-2-12-25(28(36)38)33-27(35)24(31-29(33)37)19-20-26(34)32-30(21-13-6-3-7-14-21,22-15-8-4-9-16-22)23-17-10-5-11-18-23/h3-11,13-18,24-25H,2,12,19-20H2,1H3,(H,31,37)(H,32,34)(H,36,38). The van der Waals surface area contributed by atoms with E-state index < -0.39 is 34.7 Å². The Hall–Kier alpha value is -3.91. The molecule has 1 fully saturated rings. The molecule has 0 aliphatic carbocycles. The van der Waals surface area contributed by atoms with E-state index in [-0.39, 0.29) is 18.7 Å². The lowest BCUT2D eigenvalue weighted by molar-refractivity contribution is -0.132. The van der Waals surface area contributed by atoms with Gasteiger partial charge in [0.05, 0.1) is 0 Å². The van der Waals surface area contributed by atoms with Gasteiger partial charge in [-0.3, -0.25) is 19.3 Å². The maximum atomic E-state index is 13.5. The molecule has 0 aromatic heterocycles. The van der Waals surface area contributed by atoms with Crippen LogP contribution in [0.3, 0.4) is 0 Å². The van der Waals surface area contributed by atoms with Gasteiger partial charge in [0, 0.05) is 6.42 Å². The molecule has 0 bridgehead atoms. The van der Waals surface area contributed by atoms with Crippen LogP contribution in [0.4, 0.5) is 4.79 Å². The minimum atomic E-state index is -0.972. The number of imide groups is 1. The fourth-order valence-electron chi connectivity index (χ4n) is 5.00. The second-order valence-corrected chi connectivity index (χ2v) is 9.73. The van der Waals surface area contributed by atoms with E-state index in [2.05, 4.69) is 23.3 Å². The molecule has 7 nitrogen and oxygen atoms in total. The van der Waals surface area contributed by atoms with Crippen LogP contribution in [0.1, 0.15) is 49.3 Å². The van der Waals surface area contributed by atoms with Crippen LogP contribution in [0.2, 0.25) is 0 Å². The van der Waals surface area contributed by atoms with Crippen LogP contribution in [-0.4, -0.2) is 39.9 Å². The number of nitrogens with one attached hydrogen (secondary N) is 2. The lowest BCUT2D eigenvalue weighted by atomic mass is 9.77. The van der Waals surface area contributed by atoms with Gasteiger partial charge < -0.3 is 10.6 Å². The molecule has 3 aromatic carbocycles. The molecule has 8 heteroatoms. The number of benzene rings is 3. The van der Waals surface area contributed by atoms with Crippen molar-refractivity contribution in [1.82, 2.24) is 15.5 Å². The summed E-state index contributed by atoms with van der Waals surface area (Å²) in [6.45, 7) is 1.86. The van der Waals surface area contributed by atoms with E-state index >= 15 is 0 Å². The summed E-state index contributed by atoms with van der Waals surface area (Å²) in [6, 6.07) is 26.7. The van der Waals surface area contributed by atoms with Gasteiger partial charge in [-0.2, -0.15) is 0 Å². The van der Waals surface area contributed by atoms with Gasteiger partial charge in [-0.1, -0.05) is 104 Å². The summed E-state index contributed by atoms with van der Waals surface area (Å²) in [7, 11) is 0. The van der Waals surface area contributed by atoms with E-state index in [1.165, 1.54) is 0 Å². The van der Waals surface area contributed by atoms with Crippen molar-refractivity contribution in [3.05, 3.63) is 108 Å². The molecular weight excluding hydrogens is 498 g/mol. The van der Waals surface area contributed by atoms with Gasteiger partial charge in [0.2, 0.25) is 11.0 Å². The summed E-state index contributed by atoms with van der Waals surface area (Å²) in [5.41, 5.74) is 1.69. The average Bonchev–Trinajstić information content (AvgIpc) is 3.22. The summed E-state index contributed by atoms with van der Waals surface area (Å²) in [5.74, 6) is -0.790. The quantitative estimate of drug-likeness (QED) is 0.195. The molecule has 4 rings (SSSR count). The molecule has 38 heavy (non-hydrogen) atoms. The summed E-state index contributed by atoms with van der Waals surface area (Å²) >= 11 is 3.87. The SMILES string of the molecule is CCCC(C(=O)S)N1C(=O)NC(CCC(=O)NC(c2ccccc2)(c2ccccc2)c2ccccc2)C1=O. The van der Waals surface area contributed by atoms with E-state index in [0.717, 1.165) is 21.6 Å². The van der Waals surface area contributed by atoms with Crippen molar-refractivity contribution in [3.8, 4) is 0 Å². The number of carbonyl (C=O) groups is 4. The number of thiol groups is 1. The van der Waals surface area contributed by atoms with E-state index in [1.807, 2.05) is 97.9 Å². The minimum absolute atomic E-state index is 0.00789. The maximum Gasteiger partial charge on any atom is 0.325 e. The minimum Gasteiger partial charge on any atom is -0.338 e. The molecule has 1 heterocycles. The Morgan fingerprint density at radius 1 is 0.895 bits per heavy atom. The van der Waals surface area contributed by atoms with Gasteiger partial charge in [-0.25, -0.2) is 4.79 Å². The Labute approximate surface area is 228 Å². The molecule has 2 N–H and O–H groups in total.